The molecule has 0 atom stereocenters. The number of hydrogen-bond donors (Lipinski definition) is 2. The van der Waals surface area contributed by atoms with Crippen LogP contribution in [0.2, 0.25) is 0 Å². The maximum atomic E-state index is 12.6. The van der Waals surface area contributed by atoms with Gasteiger partial charge in [0.2, 0.25) is 15.9 Å². The van der Waals surface area contributed by atoms with E-state index in [1.807, 2.05) is 4.90 Å². The minimum absolute atomic E-state index is 0.00520. The summed E-state index contributed by atoms with van der Waals surface area (Å²) in [6.45, 7) is 4.96. The molecule has 2 aromatic rings. The van der Waals surface area contributed by atoms with Crippen molar-refractivity contribution in [1.82, 2.24) is 9.62 Å². The fourth-order valence-corrected chi connectivity index (χ4v) is 5.02. The average Bonchev–Trinajstić information content (AvgIpc) is 3.31. The van der Waals surface area contributed by atoms with E-state index >= 15 is 0 Å². The second-order valence-corrected chi connectivity index (χ2v) is 9.77. The number of rotatable bonds is 8. The van der Waals surface area contributed by atoms with Crippen molar-refractivity contribution in [1.29, 1.82) is 0 Å². The number of amides is 2. The van der Waals surface area contributed by atoms with Gasteiger partial charge in [-0.2, -0.15) is 0 Å². The smallest absolute Gasteiger partial charge is 0.253 e. The molecule has 33 heavy (non-hydrogen) atoms. The molecular formula is C24H29N3O5S. The van der Waals surface area contributed by atoms with Gasteiger partial charge in [0.1, 0.15) is 10.6 Å². The van der Waals surface area contributed by atoms with Gasteiger partial charge in [0, 0.05) is 36.5 Å². The van der Waals surface area contributed by atoms with Crippen molar-refractivity contribution in [2.24, 2.45) is 0 Å². The van der Waals surface area contributed by atoms with Crippen LogP contribution in [-0.2, 0) is 14.8 Å². The fourth-order valence-electron chi connectivity index (χ4n) is 3.57. The van der Waals surface area contributed by atoms with E-state index < -0.39 is 15.9 Å². The van der Waals surface area contributed by atoms with Gasteiger partial charge >= 0.3 is 0 Å². The van der Waals surface area contributed by atoms with E-state index in [1.54, 1.807) is 50.2 Å². The largest absolute Gasteiger partial charge is 0.495 e. The number of benzene rings is 2. The standard InChI is InChI=1S/C24H29N3O5S/c1-17(2)26-33(30,31)22-15-18(9-11-21(22)32-3)10-12-23(28)25-20-8-6-7-19(16-20)24(29)27-13-4-5-14-27/h6-12,15-17,26H,4-5,13-14H2,1-3H3,(H,25,28)/b12-10+. The van der Waals surface area contributed by atoms with Gasteiger partial charge in [-0.3, -0.25) is 9.59 Å². The summed E-state index contributed by atoms with van der Waals surface area (Å²) < 4.78 is 32.9. The van der Waals surface area contributed by atoms with E-state index in [4.69, 9.17) is 4.74 Å². The Hall–Kier alpha value is -3.17. The molecular weight excluding hydrogens is 442 g/mol. The van der Waals surface area contributed by atoms with Crippen molar-refractivity contribution in [2.75, 3.05) is 25.5 Å². The van der Waals surface area contributed by atoms with Crippen molar-refractivity contribution in [3.63, 3.8) is 0 Å². The summed E-state index contributed by atoms with van der Waals surface area (Å²) in [7, 11) is -2.38. The van der Waals surface area contributed by atoms with Gasteiger partial charge in [0.15, 0.2) is 0 Å². The van der Waals surface area contributed by atoms with Crippen molar-refractivity contribution in [3.05, 3.63) is 59.7 Å². The lowest BCUT2D eigenvalue weighted by Gasteiger charge is -2.15. The molecule has 9 heteroatoms. The Labute approximate surface area is 194 Å². The molecule has 1 aliphatic rings. The molecule has 1 saturated heterocycles. The summed E-state index contributed by atoms with van der Waals surface area (Å²) in [5.74, 6) is -0.230. The number of sulfonamides is 1. The zero-order valence-electron chi connectivity index (χ0n) is 19.0. The maximum absolute atomic E-state index is 12.6. The number of ether oxygens (including phenoxy) is 1. The molecule has 3 rings (SSSR count). The Morgan fingerprint density at radius 3 is 2.48 bits per heavy atom. The lowest BCUT2D eigenvalue weighted by atomic mass is 10.1. The van der Waals surface area contributed by atoms with E-state index in [1.165, 1.54) is 25.3 Å². The van der Waals surface area contributed by atoms with Crippen LogP contribution in [0, 0.1) is 0 Å². The normalized spacial score (nSPS) is 14.1. The van der Waals surface area contributed by atoms with Crippen molar-refractivity contribution >= 4 is 33.6 Å². The Morgan fingerprint density at radius 2 is 1.82 bits per heavy atom. The molecule has 2 aromatic carbocycles. The molecule has 1 aliphatic heterocycles. The topological polar surface area (TPSA) is 105 Å². The molecule has 176 valence electrons. The van der Waals surface area contributed by atoms with Gasteiger partial charge in [-0.05, 0) is 68.7 Å². The number of hydrogen-bond acceptors (Lipinski definition) is 5. The van der Waals surface area contributed by atoms with Crippen LogP contribution in [0.5, 0.6) is 5.75 Å². The first-order chi connectivity index (χ1) is 15.7. The number of nitrogens with one attached hydrogen (secondary N) is 2. The molecule has 1 fully saturated rings. The molecule has 0 saturated carbocycles. The van der Waals surface area contributed by atoms with E-state index in [9.17, 15) is 18.0 Å². The van der Waals surface area contributed by atoms with Gasteiger partial charge in [0.05, 0.1) is 7.11 Å². The minimum atomic E-state index is -3.78. The van der Waals surface area contributed by atoms with Crippen LogP contribution >= 0.6 is 0 Å². The van der Waals surface area contributed by atoms with Crippen molar-refractivity contribution in [3.8, 4) is 5.75 Å². The average molecular weight is 472 g/mol. The third kappa shape index (κ3) is 6.43. The third-order valence-electron chi connectivity index (χ3n) is 5.07. The molecule has 0 unspecified atom stereocenters. The van der Waals surface area contributed by atoms with Gasteiger partial charge in [-0.1, -0.05) is 12.1 Å². The van der Waals surface area contributed by atoms with Crippen molar-refractivity contribution in [2.45, 2.75) is 37.6 Å². The summed E-state index contributed by atoms with van der Waals surface area (Å²) in [5, 5.41) is 2.74. The predicted octanol–water partition coefficient (Wildman–Crippen LogP) is 3.27. The van der Waals surface area contributed by atoms with E-state index in [0.717, 1.165) is 25.9 Å². The highest BCUT2D eigenvalue weighted by Gasteiger charge is 2.21. The predicted molar refractivity (Wildman–Crippen MR) is 128 cm³/mol. The first-order valence-electron chi connectivity index (χ1n) is 10.8. The molecule has 0 aromatic heterocycles. The zero-order valence-corrected chi connectivity index (χ0v) is 19.8. The summed E-state index contributed by atoms with van der Waals surface area (Å²) in [4.78, 5) is 26.8. The van der Waals surface area contributed by atoms with Gasteiger partial charge in [-0.25, -0.2) is 13.1 Å². The van der Waals surface area contributed by atoms with E-state index in [0.29, 0.717) is 16.8 Å². The van der Waals surface area contributed by atoms with Gasteiger partial charge in [-0.15, -0.1) is 0 Å². The quantitative estimate of drug-likeness (QED) is 0.575. The number of carbonyl (C=O) groups is 2. The Balaban J connectivity index is 1.73. The highest BCUT2D eigenvalue weighted by atomic mass is 32.2. The summed E-state index contributed by atoms with van der Waals surface area (Å²) >= 11 is 0. The second kappa shape index (κ2) is 10.6. The monoisotopic (exact) mass is 471 g/mol. The lowest BCUT2D eigenvalue weighted by molar-refractivity contribution is -0.111. The highest BCUT2D eigenvalue weighted by Crippen LogP contribution is 2.25. The molecule has 0 spiro atoms. The first-order valence-corrected chi connectivity index (χ1v) is 12.3. The van der Waals surface area contributed by atoms with Crippen LogP contribution in [0.3, 0.4) is 0 Å². The fraction of sp³-hybridized carbons (Fsp3) is 0.333. The van der Waals surface area contributed by atoms with Crippen LogP contribution in [0.1, 0.15) is 42.6 Å². The maximum Gasteiger partial charge on any atom is 0.253 e. The van der Waals surface area contributed by atoms with Crippen LogP contribution < -0.4 is 14.8 Å². The molecule has 0 bridgehead atoms. The number of anilines is 1. The molecule has 8 nitrogen and oxygen atoms in total. The molecule has 0 radical (unpaired) electrons. The van der Waals surface area contributed by atoms with Gasteiger partial charge in [0.25, 0.3) is 5.91 Å². The number of methoxy groups -OCH3 is 1. The second-order valence-electron chi connectivity index (χ2n) is 8.09. The van der Waals surface area contributed by atoms with Crippen molar-refractivity contribution < 1.29 is 22.7 Å². The molecule has 1 heterocycles. The van der Waals surface area contributed by atoms with Crippen LogP contribution in [0.25, 0.3) is 6.08 Å². The SMILES string of the molecule is COc1ccc(/C=C/C(=O)Nc2cccc(C(=O)N3CCCC3)c2)cc1S(=O)(=O)NC(C)C. The molecule has 0 aliphatic carbocycles. The lowest BCUT2D eigenvalue weighted by Crippen LogP contribution is -2.30. The van der Waals surface area contributed by atoms with Crippen LogP contribution in [-0.4, -0.2) is 51.4 Å². The summed E-state index contributed by atoms with van der Waals surface area (Å²) in [6, 6.07) is 11.2. The summed E-state index contributed by atoms with van der Waals surface area (Å²) in [6.07, 6.45) is 4.84. The van der Waals surface area contributed by atoms with Crippen LogP contribution in [0.15, 0.2) is 53.4 Å². The van der Waals surface area contributed by atoms with Crippen LogP contribution in [0.4, 0.5) is 5.69 Å². The minimum Gasteiger partial charge on any atom is -0.495 e. The number of carbonyl (C=O) groups excluding carboxylic acids is 2. The number of nitrogens with zero attached hydrogens (tertiary/aromatic N) is 1. The van der Waals surface area contributed by atoms with E-state index in [-0.39, 0.29) is 22.6 Å². The first kappa shape index (κ1) is 24.5. The van der Waals surface area contributed by atoms with E-state index in [2.05, 4.69) is 10.0 Å². The Morgan fingerprint density at radius 1 is 1.09 bits per heavy atom. The molecule has 2 amide bonds. The third-order valence-corrected chi connectivity index (χ3v) is 6.75. The Kier molecular flexibility index (Phi) is 7.88. The number of likely N-dealkylation sites (tertiary alicyclic amines) is 1. The highest BCUT2D eigenvalue weighted by molar-refractivity contribution is 7.89. The zero-order chi connectivity index (χ0) is 24.0. The molecule has 2 N–H and O–H groups in total. The van der Waals surface area contributed by atoms with Gasteiger partial charge < -0.3 is 15.0 Å². The summed E-state index contributed by atoms with van der Waals surface area (Å²) in [5.41, 5.74) is 1.56. The Bertz CT molecular complexity index is 1150.